The summed E-state index contributed by atoms with van der Waals surface area (Å²) >= 11 is 1.57. The first-order chi connectivity index (χ1) is 7.42. The first kappa shape index (κ1) is 8.79. The van der Waals surface area contributed by atoms with E-state index in [1.165, 1.54) is 12.8 Å². The largest absolute Gasteiger partial charge is 0.351 e. The molecule has 0 spiro atoms. The Hall–Kier alpha value is -1.49. The Bertz CT molecular complexity index is 450. The molecule has 3 rings (SSSR count). The van der Waals surface area contributed by atoms with E-state index in [0.29, 0.717) is 12.0 Å². The molecule has 5 heteroatoms. The minimum Gasteiger partial charge on any atom is -0.351 e. The molecule has 2 aromatic heterocycles. The van der Waals surface area contributed by atoms with E-state index in [-0.39, 0.29) is 0 Å². The van der Waals surface area contributed by atoms with Crippen LogP contribution in [0.4, 0.5) is 5.95 Å². The minimum absolute atomic E-state index is 0.579. The van der Waals surface area contributed by atoms with Gasteiger partial charge in [-0.25, -0.2) is 15.0 Å². The van der Waals surface area contributed by atoms with Gasteiger partial charge in [-0.3, -0.25) is 0 Å². The first-order valence-electron chi connectivity index (χ1n) is 4.90. The normalized spacial score (nSPS) is 15.2. The zero-order valence-electron chi connectivity index (χ0n) is 8.05. The van der Waals surface area contributed by atoms with Crippen molar-refractivity contribution in [2.45, 2.75) is 18.9 Å². The number of nitrogens with zero attached hydrogens (tertiary/aromatic N) is 3. The summed E-state index contributed by atoms with van der Waals surface area (Å²) in [7, 11) is 0. The summed E-state index contributed by atoms with van der Waals surface area (Å²) < 4.78 is 0. The summed E-state index contributed by atoms with van der Waals surface area (Å²) in [6.45, 7) is 0. The third-order valence-electron chi connectivity index (χ3n) is 2.26. The fourth-order valence-corrected chi connectivity index (χ4v) is 1.87. The van der Waals surface area contributed by atoms with Crippen molar-refractivity contribution in [3.05, 3.63) is 23.2 Å². The van der Waals surface area contributed by atoms with Gasteiger partial charge in [0.15, 0.2) is 0 Å². The highest BCUT2D eigenvalue weighted by Crippen LogP contribution is 2.24. The van der Waals surface area contributed by atoms with Crippen LogP contribution >= 0.6 is 11.3 Å². The molecule has 0 aliphatic heterocycles. The summed E-state index contributed by atoms with van der Waals surface area (Å²) in [6, 6.07) is 2.46. The number of rotatable bonds is 3. The van der Waals surface area contributed by atoms with Crippen LogP contribution in [0.3, 0.4) is 0 Å². The average molecular weight is 218 g/mol. The topological polar surface area (TPSA) is 50.7 Å². The van der Waals surface area contributed by atoms with Crippen LogP contribution < -0.4 is 5.32 Å². The second-order valence-electron chi connectivity index (χ2n) is 3.56. The lowest BCUT2D eigenvalue weighted by atomic mass is 10.3. The number of thiazole rings is 1. The SMILES string of the molecule is c1cc(-c2cscn2)nc(NC2CC2)n1. The van der Waals surface area contributed by atoms with E-state index in [1.54, 1.807) is 17.5 Å². The quantitative estimate of drug-likeness (QED) is 0.857. The fourth-order valence-electron chi connectivity index (χ4n) is 1.32. The molecule has 0 bridgehead atoms. The number of hydrogen-bond acceptors (Lipinski definition) is 5. The molecule has 0 atom stereocenters. The van der Waals surface area contributed by atoms with E-state index in [2.05, 4.69) is 20.3 Å². The number of anilines is 1. The summed E-state index contributed by atoms with van der Waals surface area (Å²) in [5, 5.41) is 5.26. The molecule has 0 radical (unpaired) electrons. The van der Waals surface area contributed by atoms with Crippen molar-refractivity contribution in [2.75, 3.05) is 5.32 Å². The molecule has 1 saturated carbocycles. The van der Waals surface area contributed by atoms with Crippen LogP contribution in [0.2, 0.25) is 0 Å². The molecule has 0 amide bonds. The van der Waals surface area contributed by atoms with Crippen molar-refractivity contribution < 1.29 is 0 Å². The summed E-state index contributed by atoms with van der Waals surface area (Å²) in [6.07, 6.45) is 4.22. The van der Waals surface area contributed by atoms with Gasteiger partial charge in [-0.15, -0.1) is 11.3 Å². The zero-order valence-corrected chi connectivity index (χ0v) is 8.87. The predicted molar refractivity (Wildman–Crippen MR) is 59.8 cm³/mol. The van der Waals surface area contributed by atoms with Gasteiger partial charge in [-0.05, 0) is 18.9 Å². The molecule has 1 fully saturated rings. The van der Waals surface area contributed by atoms with Gasteiger partial charge in [-0.2, -0.15) is 0 Å². The summed E-state index contributed by atoms with van der Waals surface area (Å²) in [4.78, 5) is 12.8. The molecule has 2 heterocycles. The van der Waals surface area contributed by atoms with Crippen LogP contribution in [0.5, 0.6) is 0 Å². The van der Waals surface area contributed by atoms with Gasteiger partial charge in [0.25, 0.3) is 0 Å². The smallest absolute Gasteiger partial charge is 0.223 e. The van der Waals surface area contributed by atoms with Gasteiger partial charge in [0.1, 0.15) is 0 Å². The van der Waals surface area contributed by atoms with E-state index < -0.39 is 0 Å². The lowest BCUT2D eigenvalue weighted by Crippen LogP contribution is -2.05. The molecule has 15 heavy (non-hydrogen) atoms. The van der Waals surface area contributed by atoms with E-state index in [1.807, 2.05) is 17.0 Å². The molecule has 2 aromatic rings. The van der Waals surface area contributed by atoms with Crippen molar-refractivity contribution in [3.8, 4) is 11.4 Å². The molecule has 0 aromatic carbocycles. The number of nitrogens with one attached hydrogen (secondary N) is 1. The van der Waals surface area contributed by atoms with Gasteiger partial charge in [0.2, 0.25) is 5.95 Å². The van der Waals surface area contributed by atoms with Gasteiger partial charge < -0.3 is 5.32 Å². The third-order valence-corrected chi connectivity index (χ3v) is 2.85. The van der Waals surface area contributed by atoms with E-state index in [9.17, 15) is 0 Å². The molecule has 1 aliphatic rings. The first-order valence-corrected chi connectivity index (χ1v) is 5.84. The standard InChI is InChI=1S/C10H10N4S/c1-2-7(1)13-10-11-4-3-8(14-10)9-5-15-6-12-9/h3-7H,1-2H2,(H,11,13,14). The summed E-state index contributed by atoms with van der Waals surface area (Å²) in [5.41, 5.74) is 3.61. The van der Waals surface area contributed by atoms with Crippen molar-refractivity contribution in [1.82, 2.24) is 15.0 Å². The maximum absolute atomic E-state index is 4.42. The van der Waals surface area contributed by atoms with Gasteiger partial charge in [0.05, 0.1) is 16.9 Å². The monoisotopic (exact) mass is 218 g/mol. The number of aromatic nitrogens is 3. The van der Waals surface area contributed by atoms with Gasteiger partial charge in [-0.1, -0.05) is 0 Å². The zero-order chi connectivity index (χ0) is 10.1. The van der Waals surface area contributed by atoms with Crippen LogP contribution in [-0.2, 0) is 0 Å². The Morgan fingerprint density at radius 3 is 2.93 bits per heavy atom. The molecule has 1 N–H and O–H groups in total. The maximum atomic E-state index is 4.42. The molecular weight excluding hydrogens is 208 g/mol. The average Bonchev–Trinajstić information content (AvgIpc) is 2.91. The Kier molecular flexibility index (Phi) is 2.10. The molecule has 0 saturated heterocycles. The molecule has 4 nitrogen and oxygen atoms in total. The van der Waals surface area contributed by atoms with Crippen LogP contribution in [0, 0.1) is 0 Å². The van der Waals surface area contributed by atoms with Crippen molar-refractivity contribution in [2.24, 2.45) is 0 Å². The predicted octanol–water partition coefficient (Wildman–Crippen LogP) is 2.17. The third kappa shape index (κ3) is 1.97. The number of hydrogen-bond donors (Lipinski definition) is 1. The molecule has 1 aliphatic carbocycles. The fraction of sp³-hybridized carbons (Fsp3) is 0.300. The van der Waals surface area contributed by atoms with Crippen LogP contribution in [-0.4, -0.2) is 21.0 Å². The second kappa shape index (κ2) is 3.58. The minimum atomic E-state index is 0.579. The second-order valence-corrected chi connectivity index (χ2v) is 4.28. The van der Waals surface area contributed by atoms with E-state index >= 15 is 0 Å². The molecule has 0 unspecified atom stereocenters. The van der Waals surface area contributed by atoms with Crippen LogP contribution in [0.1, 0.15) is 12.8 Å². The van der Waals surface area contributed by atoms with E-state index in [4.69, 9.17) is 0 Å². The van der Waals surface area contributed by atoms with Gasteiger partial charge >= 0.3 is 0 Å². The Morgan fingerprint density at radius 2 is 2.20 bits per heavy atom. The highest BCUT2D eigenvalue weighted by Gasteiger charge is 2.21. The Morgan fingerprint density at radius 1 is 1.27 bits per heavy atom. The molecular formula is C10H10N4S. The summed E-state index contributed by atoms with van der Waals surface area (Å²) in [5.74, 6) is 0.711. The Labute approximate surface area is 91.4 Å². The van der Waals surface area contributed by atoms with Crippen molar-refractivity contribution in [1.29, 1.82) is 0 Å². The van der Waals surface area contributed by atoms with Crippen molar-refractivity contribution >= 4 is 17.3 Å². The highest BCUT2D eigenvalue weighted by atomic mass is 32.1. The maximum Gasteiger partial charge on any atom is 0.223 e. The van der Waals surface area contributed by atoms with E-state index in [0.717, 1.165) is 11.4 Å². The lowest BCUT2D eigenvalue weighted by Gasteiger charge is -2.02. The van der Waals surface area contributed by atoms with Crippen molar-refractivity contribution in [3.63, 3.8) is 0 Å². The highest BCUT2D eigenvalue weighted by molar-refractivity contribution is 7.07. The van der Waals surface area contributed by atoms with Crippen LogP contribution in [0.25, 0.3) is 11.4 Å². The molecule has 76 valence electrons. The van der Waals surface area contributed by atoms with Crippen LogP contribution in [0.15, 0.2) is 23.2 Å². The van der Waals surface area contributed by atoms with Gasteiger partial charge in [0, 0.05) is 17.6 Å². The lowest BCUT2D eigenvalue weighted by molar-refractivity contribution is 1.05. The Balaban J connectivity index is 1.88.